The first-order valence-corrected chi connectivity index (χ1v) is 11.2. The molecule has 4 N–H and O–H groups in total. The number of nitrogens with two attached hydrogens (primary N) is 1. The minimum Gasteiger partial charge on any atom is -0.445 e. The van der Waals surface area contributed by atoms with Crippen molar-refractivity contribution in [1.82, 2.24) is 10.2 Å². The van der Waals surface area contributed by atoms with E-state index < -0.39 is 17.9 Å². The average Bonchev–Trinajstić information content (AvgIpc) is 3.35. The Balaban J connectivity index is 1.40. The summed E-state index contributed by atoms with van der Waals surface area (Å²) in [5.74, 6) is -0.730. The molecule has 1 aliphatic carbocycles. The maximum absolute atomic E-state index is 12.9. The number of nitrogens with one attached hydrogen (secondary N) is 2. The van der Waals surface area contributed by atoms with Crippen LogP contribution in [0.3, 0.4) is 0 Å². The van der Waals surface area contributed by atoms with Crippen LogP contribution >= 0.6 is 0 Å². The number of hydrogen-bond donors (Lipinski definition) is 3. The number of rotatable bonds is 6. The van der Waals surface area contributed by atoms with Gasteiger partial charge in [-0.2, -0.15) is 0 Å². The van der Waals surface area contributed by atoms with Gasteiger partial charge in [-0.25, -0.2) is 4.79 Å². The smallest absolute Gasteiger partial charge is 0.407 e. The van der Waals surface area contributed by atoms with E-state index in [0.29, 0.717) is 36.3 Å². The van der Waals surface area contributed by atoms with E-state index in [1.165, 1.54) is 7.11 Å². The summed E-state index contributed by atoms with van der Waals surface area (Å²) in [6.07, 6.45) is 0.415. The molecule has 3 aliphatic rings. The van der Waals surface area contributed by atoms with E-state index in [4.69, 9.17) is 15.2 Å². The summed E-state index contributed by atoms with van der Waals surface area (Å²) >= 11 is 0. The van der Waals surface area contributed by atoms with Gasteiger partial charge in [0.05, 0.1) is 17.4 Å². The zero-order chi connectivity index (χ0) is 24.6. The van der Waals surface area contributed by atoms with Crippen LogP contribution in [0.15, 0.2) is 46.8 Å². The third-order valence-corrected chi connectivity index (χ3v) is 6.68. The number of allylic oxidation sites excluding steroid dienone is 2. The van der Waals surface area contributed by atoms with Gasteiger partial charge in [0.25, 0.3) is 0 Å². The van der Waals surface area contributed by atoms with Crippen molar-refractivity contribution >= 4 is 29.3 Å². The Morgan fingerprint density at radius 2 is 1.91 bits per heavy atom. The topological polar surface area (TPSA) is 140 Å². The third-order valence-electron chi connectivity index (χ3n) is 6.68. The molecule has 1 unspecified atom stereocenters. The van der Waals surface area contributed by atoms with Crippen LogP contribution in [-0.2, 0) is 30.5 Å². The minimum atomic E-state index is -1.06. The van der Waals surface area contributed by atoms with Crippen LogP contribution in [0.5, 0.6) is 0 Å². The second-order valence-electron chi connectivity index (χ2n) is 8.56. The molecule has 10 nitrogen and oxygen atoms in total. The Hall–Kier alpha value is -3.66. The first kappa shape index (κ1) is 23.5. The standard InChI is InChI=1S/C24H28N4O6/c1-4-18(29)26-15-7-5-14(6-8-15)12-34-23(32)27-17-9-10-28-20-16(11-24(17,28)33-3)22(31)19(25)13(2)21(20)30/h5-8,17H,4,9-12,25H2,1-3H3,(H,26,29)(H,27,32)/t17-,24?/m1/s1. The summed E-state index contributed by atoms with van der Waals surface area (Å²) in [4.78, 5) is 51.4. The number of benzene rings is 1. The van der Waals surface area contributed by atoms with Crippen molar-refractivity contribution in [2.45, 2.75) is 51.5 Å². The second kappa shape index (κ2) is 8.94. The van der Waals surface area contributed by atoms with Crippen molar-refractivity contribution in [3.63, 3.8) is 0 Å². The highest BCUT2D eigenvalue weighted by atomic mass is 16.6. The molecule has 1 aromatic rings. The molecular weight excluding hydrogens is 440 g/mol. The molecule has 0 spiro atoms. The Labute approximate surface area is 197 Å². The fourth-order valence-electron chi connectivity index (χ4n) is 4.74. The first-order valence-electron chi connectivity index (χ1n) is 11.2. The van der Waals surface area contributed by atoms with Gasteiger partial charge in [0.1, 0.15) is 6.61 Å². The van der Waals surface area contributed by atoms with Crippen LogP contribution in [0.1, 0.15) is 38.7 Å². The zero-order valence-corrected chi connectivity index (χ0v) is 19.4. The molecule has 0 saturated carbocycles. The Morgan fingerprint density at radius 1 is 1.21 bits per heavy atom. The highest BCUT2D eigenvalue weighted by Crippen LogP contribution is 2.48. The first-order chi connectivity index (χ1) is 16.2. The summed E-state index contributed by atoms with van der Waals surface area (Å²) in [6.45, 7) is 3.79. The van der Waals surface area contributed by atoms with Crippen molar-refractivity contribution in [3.8, 4) is 0 Å². The van der Waals surface area contributed by atoms with Gasteiger partial charge < -0.3 is 30.7 Å². The van der Waals surface area contributed by atoms with E-state index >= 15 is 0 Å². The molecule has 0 aromatic heterocycles. The zero-order valence-electron chi connectivity index (χ0n) is 19.4. The lowest BCUT2D eigenvalue weighted by Crippen LogP contribution is -2.55. The van der Waals surface area contributed by atoms with Gasteiger partial charge in [-0.1, -0.05) is 19.1 Å². The number of carbonyl (C=O) groups excluding carboxylic acids is 4. The van der Waals surface area contributed by atoms with Crippen molar-refractivity contribution in [2.24, 2.45) is 5.73 Å². The predicted octanol–water partition coefficient (Wildman–Crippen LogP) is 1.72. The van der Waals surface area contributed by atoms with Crippen LogP contribution in [0.25, 0.3) is 0 Å². The van der Waals surface area contributed by atoms with Gasteiger partial charge in [-0.15, -0.1) is 0 Å². The number of ketones is 2. The lowest BCUT2D eigenvalue weighted by Gasteiger charge is -2.37. The van der Waals surface area contributed by atoms with Crippen LogP contribution in [0.4, 0.5) is 10.5 Å². The minimum absolute atomic E-state index is 0.0373. The summed E-state index contributed by atoms with van der Waals surface area (Å²) in [5.41, 5.74) is 7.05. The quantitative estimate of drug-likeness (QED) is 0.536. The maximum atomic E-state index is 12.9. The van der Waals surface area contributed by atoms with E-state index in [9.17, 15) is 19.2 Å². The molecule has 2 atom stereocenters. The van der Waals surface area contributed by atoms with Crippen LogP contribution in [0, 0.1) is 0 Å². The van der Waals surface area contributed by atoms with Gasteiger partial charge in [-0.05, 0) is 31.0 Å². The molecule has 2 aliphatic heterocycles. The average molecular weight is 469 g/mol. The van der Waals surface area contributed by atoms with Crippen molar-refractivity contribution in [2.75, 3.05) is 19.0 Å². The van der Waals surface area contributed by atoms with Gasteiger partial charge >= 0.3 is 6.09 Å². The van der Waals surface area contributed by atoms with Crippen molar-refractivity contribution < 1.29 is 28.7 Å². The SMILES string of the molecule is CCC(=O)Nc1ccc(COC(=O)N[C@@H]2CCN3C4=C(CC23OC)C(=O)C(N)=C(C)C4=O)cc1. The number of Topliss-reactive ketones (excluding diaryl/α,β-unsaturated/α-hetero) is 2. The van der Waals surface area contributed by atoms with E-state index in [1.54, 1.807) is 43.0 Å². The largest absolute Gasteiger partial charge is 0.445 e. The number of fused-ring (bicyclic) bond motifs is 2. The van der Waals surface area contributed by atoms with Gasteiger partial charge in [-0.3, -0.25) is 14.4 Å². The molecule has 10 heteroatoms. The molecule has 2 amide bonds. The van der Waals surface area contributed by atoms with E-state index in [1.807, 2.05) is 0 Å². The normalized spacial score (nSPS) is 23.7. The lowest BCUT2D eigenvalue weighted by atomic mass is 9.89. The van der Waals surface area contributed by atoms with Crippen LogP contribution < -0.4 is 16.4 Å². The lowest BCUT2D eigenvalue weighted by molar-refractivity contribution is -0.121. The molecule has 0 radical (unpaired) electrons. The van der Waals surface area contributed by atoms with Gasteiger partial charge in [0.15, 0.2) is 5.72 Å². The third kappa shape index (κ3) is 3.83. The number of alkyl carbamates (subject to hydrolysis) is 1. The number of methoxy groups -OCH3 is 1. The number of amides is 2. The van der Waals surface area contributed by atoms with Gasteiger partial charge in [0.2, 0.25) is 17.5 Å². The van der Waals surface area contributed by atoms with Gasteiger partial charge in [0, 0.05) is 43.3 Å². The molecule has 0 bridgehead atoms. The number of carbonyl (C=O) groups is 4. The molecule has 1 aromatic carbocycles. The van der Waals surface area contributed by atoms with E-state index in [0.717, 1.165) is 5.56 Å². The molecule has 180 valence electrons. The Morgan fingerprint density at radius 3 is 2.56 bits per heavy atom. The fraction of sp³-hybridized carbons (Fsp3) is 0.417. The van der Waals surface area contributed by atoms with E-state index in [2.05, 4.69) is 10.6 Å². The summed E-state index contributed by atoms with van der Waals surface area (Å²) < 4.78 is 11.2. The summed E-state index contributed by atoms with van der Waals surface area (Å²) in [5, 5.41) is 5.60. The van der Waals surface area contributed by atoms with Crippen molar-refractivity contribution in [3.05, 3.63) is 52.4 Å². The molecule has 34 heavy (non-hydrogen) atoms. The van der Waals surface area contributed by atoms with E-state index in [-0.39, 0.29) is 41.8 Å². The Kier molecular flexibility index (Phi) is 6.18. The number of anilines is 1. The predicted molar refractivity (Wildman–Crippen MR) is 122 cm³/mol. The monoisotopic (exact) mass is 468 g/mol. The summed E-state index contributed by atoms with van der Waals surface area (Å²) in [6, 6.07) is 6.51. The molecular formula is C24H28N4O6. The van der Waals surface area contributed by atoms with Crippen molar-refractivity contribution in [1.29, 1.82) is 0 Å². The molecule has 1 fully saturated rings. The number of nitrogens with zero attached hydrogens (tertiary/aromatic N) is 1. The fourth-order valence-corrected chi connectivity index (χ4v) is 4.74. The van der Waals surface area contributed by atoms with Crippen LogP contribution in [0.2, 0.25) is 0 Å². The number of hydrogen-bond acceptors (Lipinski definition) is 8. The molecule has 2 heterocycles. The molecule has 1 saturated heterocycles. The molecule has 4 rings (SSSR count). The highest BCUT2D eigenvalue weighted by molar-refractivity contribution is 6.25. The summed E-state index contributed by atoms with van der Waals surface area (Å²) in [7, 11) is 1.49. The van der Waals surface area contributed by atoms with Crippen LogP contribution in [-0.4, -0.2) is 53.9 Å². The maximum Gasteiger partial charge on any atom is 0.407 e. The second-order valence-corrected chi connectivity index (χ2v) is 8.56. The Bertz CT molecular complexity index is 1120. The highest BCUT2D eigenvalue weighted by Gasteiger charge is 2.59. The number of ether oxygens (including phenoxy) is 2.